The second-order valence-corrected chi connectivity index (χ2v) is 13.7. The highest BCUT2D eigenvalue weighted by atomic mass is 28.4. The van der Waals surface area contributed by atoms with Gasteiger partial charge in [0, 0.05) is 0 Å². The molecule has 0 unspecified atom stereocenters. The topological polar surface area (TPSA) is 20.2 Å². The van der Waals surface area contributed by atoms with Crippen LogP contribution in [0.2, 0.25) is 10.9 Å². The van der Waals surface area contributed by atoms with E-state index in [1.54, 1.807) is 0 Å². The molecule has 0 aromatic heterocycles. The van der Waals surface area contributed by atoms with E-state index in [9.17, 15) is 4.80 Å². The van der Waals surface area contributed by atoms with Gasteiger partial charge in [-0.25, -0.2) is 0 Å². The lowest BCUT2D eigenvalue weighted by Gasteiger charge is -2.44. The minimum absolute atomic E-state index is 0.123. The molecule has 0 spiro atoms. The highest BCUT2D eigenvalue weighted by Gasteiger charge is 2.50. The van der Waals surface area contributed by atoms with Crippen LogP contribution in [0, 0.1) is 5.41 Å². The molecule has 1 N–H and O–H groups in total. The van der Waals surface area contributed by atoms with Gasteiger partial charge in [-0.05, 0) is 46.5 Å². The molecule has 0 radical (unpaired) electrons. The maximum atomic E-state index is 12.3. The van der Waals surface area contributed by atoms with Crippen LogP contribution in [0.1, 0.15) is 59.3 Å². The molecular formula is C24H35BOSi. The summed E-state index contributed by atoms with van der Waals surface area (Å²) in [4.78, 5) is 12.3. The monoisotopic (exact) mass is 378 g/mol. The van der Waals surface area contributed by atoms with Crippen LogP contribution in [0.5, 0.6) is 0 Å². The molecule has 3 heteroatoms. The lowest BCUT2D eigenvalue weighted by Crippen LogP contribution is -2.65. The highest BCUT2D eigenvalue weighted by molar-refractivity contribution is 6.98. The van der Waals surface area contributed by atoms with E-state index < -0.39 is 8.32 Å². The van der Waals surface area contributed by atoms with Gasteiger partial charge in [0.05, 0.1) is 0 Å². The van der Waals surface area contributed by atoms with Crippen molar-refractivity contribution in [2.75, 3.05) is 0 Å². The van der Waals surface area contributed by atoms with E-state index in [1.807, 2.05) is 12.1 Å². The maximum absolute atomic E-state index is 12.3. The second kappa shape index (κ2) is 7.97. The van der Waals surface area contributed by atoms with Crippen molar-refractivity contribution in [1.82, 2.24) is 0 Å². The molecule has 1 saturated carbocycles. The molecule has 1 nitrogen and oxygen atoms in total. The normalized spacial score (nSPS) is 23.9. The molecule has 0 bridgehead atoms. The zero-order valence-corrected chi connectivity index (χ0v) is 18.5. The summed E-state index contributed by atoms with van der Waals surface area (Å²) in [5.74, 6) is 0.881. The fourth-order valence-electron chi connectivity index (χ4n) is 4.81. The fraction of sp³-hybridized carbons (Fsp3) is 0.500. The van der Waals surface area contributed by atoms with Crippen LogP contribution >= 0.6 is 0 Å². The van der Waals surface area contributed by atoms with Gasteiger partial charge in [-0.2, -0.15) is 0 Å². The summed E-state index contributed by atoms with van der Waals surface area (Å²) >= 11 is 0. The highest BCUT2D eigenvalue weighted by Crippen LogP contribution is 2.48. The van der Waals surface area contributed by atoms with Crippen LogP contribution in [-0.2, 0) is 0 Å². The molecule has 1 fully saturated rings. The van der Waals surface area contributed by atoms with Gasteiger partial charge < -0.3 is 4.80 Å². The zero-order chi connectivity index (χ0) is 19.5. The van der Waals surface area contributed by atoms with Gasteiger partial charge in [-0.15, -0.1) is 0 Å². The van der Waals surface area contributed by atoms with Crippen molar-refractivity contribution < 1.29 is 4.80 Å². The summed E-state index contributed by atoms with van der Waals surface area (Å²) in [6.07, 6.45) is 7.67. The Morgan fingerprint density at radius 2 is 1.41 bits per heavy atom. The first kappa shape index (κ1) is 20.4. The third-order valence-electron chi connectivity index (χ3n) is 7.20. The van der Waals surface area contributed by atoms with E-state index in [4.69, 9.17) is 0 Å². The van der Waals surface area contributed by atoms with E-state index in [1.165, 1.54) is 32.1 Å². The number of hydrogen-bond donors (Lipinski definition) is 1. The summed E-state index contributed by atoms with van der Waals surface area (Å²) < 4.78 is 0. The van der Waals surface area contributed by atoms with E-state index in [0.29, 0.717) is 5.41 Å². The Bertz CT molecular complexity index is 681. The van der Waals surface area contributed by atoms with Gasteiger partial charge in [0.15, 0.2) is 0 Å². The molecule has 0 amide bonds. The van der Waals surface area contributed by atoms with Crippen LogP contribution in [0.3, 0.4) is 0 Å². The van der Waals surface area contributed by atoms with Gasteiger partial charge in [-0.1, -0.05) is 100 Å². The molecule has 0 saturated heterocycles. The minimum Gasteiger partial charge on any atom is -0.424 e. The number of benzene rings is 2. The Kier molecular flexibility index (Phi) is 6.02. The molecule has 0 atom stereocenters. The van der Waals surface area contributed by atoms with Crippen molar-refractivity contribution in [3.63, 3.8) is 0 Å². The summed E-state index contributed by atoms with van der Waals surface area (Å²) in [7, 11) is -0.471. The van der Waals surface area contributed by atoms with E-state index in [-0.39, 0.29) is 5.04 Å². The lowest BCUT2D eigenvalue weighted by molar-refractivity contribution is 0.186. The lowest BCUT2D eigenvalue weighted by atomic mass is 9.64. The standard InChI is InChI=1S/C24H35BOSi/c1-23(2,18-19-24(3)16-14-20(25)15-17-24)27(26,21-10-6-4-7-11-21)22-12-8-5-9-13-22/h4-13,20,26H,14-19,25H2,1-3H3. The first-order valence-corrected chi connectivity index (χ1v) is 12.6. The van der Waals surface area contributed by atoms with E-state index in [2.05, 4.69) is 77.1 Å². The van der Waals surface area contributed by atoms with Gasteiger partial charge in [0.25, 0.3) is 8.32 Å². The summed E-state index contributed by atoms with van der Waals surface area (Å²) in [6, 6.07) is 20.9. The summed E-state index contributed by atoms with van der Waals surface area (Å²) in [6.45, 7) is 7.07. The Hall–Kier alpha value is -1.32. The van der Waals surface area contributed by atoms with E-state index >= 15 is 0 Å². The molecule has 0 heterocycles. The first-order chi connectivity index (χ1) is 12.8. The molecular weight excluding hydrogens is 343 g/mol. The van der Waals surface area contributed by atoms with Crippen LogP contribution in [0.4, 0.5) is 0 Å². The number of hydrogen-bond acceptors (Lipinski definition) is 1. The van der Waals surface area contributed by atoms with Crippen LogP contribution in [-0.4, -0.2) is 21.0 Å². The molecule has 144 valence electrons. The predicted octanol–water partition coefficient (Wildman–Crippen LogP) is 4.30. The van der Waals surface area contributed by atoms with Crippen LogP contribution in [0.25, 0.3) is 0 Å². The SMILES string of the molecule is BC1CCC(C)(CCC(C)(C)[Si](O)(c2ccccc2)c2ccccc2)CC1. The average molecular weight is 378 g/mol. The average Bonchev–Trinajstić information content (AvgIpc) is 2.70. The maximum Gasteiger partial charge on any atom is 0.258 e. The van der Waals surface area contributed by atoms with Crippen LogP contribution in [0.15, 0.2) is 60.7 Å². The fourth-order valence-corrected chi connectivity index (χ4v) is 8.54. The molecule has 2 aromatic carbocycles. The summed E-state index contributed by atoms with van der Waals surface area (Å²) in [5.41, 5.74) is 0.437. The largest absolute Gasteiger partial charge is 0.424 e. The molecule has 3 rings (SSSR count). The molecule has 27 heavy (non-hydrogen) atoms. The molecule has 1 aliphatic rings. The van der Waals surface area contributed by atoms with Gasteiger partial charge in [0.1, 0.15) is 7.85 Å². The molecule has 1 aliphatic carbocycles. The van der Waals surface area contributed by atoms with Crippen molar-refractivity contribution >= 4 is 26.5 Å². The van der Waals surface area contributed by atoms with Gasteiger partial charge in [-0.3, -0.25) is 0 Å². The zero-order valence-electron chi connectivity index (χ0n) is 17.5. The Morgan fingerprint density at radius 1 is 0.963 bits per heavy atom. The first-order valence-electron chi connectivity index (χ1n) is 10.6. The van der Waals surface area contributed by atoms with Crippen molar-refractivity contribution in [1.29, 1.82) is 0 Å². The minimum atomic E-state index is -2.86. The smallest absolute Gasteiger partial charge is 0.258 e. The number of rotatable bonds is 6. The Morgan fingerprint density at radius 3 is 1.85 bits per heavy atom. The third kappa shape index (κ3) is 4.25. The second-order valence-electron chi connectivity index (χ2n) is 9.82. The van der Waals surface area contributed by atoms with Crippen molar-refractivity contribution in [2.45, 2.75) is 70.2 Å². The van der Waals surface area contributed by atoms with Crippen molar-refractivity contribution in [3.05, 3.63) is 60.7 Å². The molecule has 2 aromatic rings. The van der Waals surface area contributed by atoms with Crippen molar-refractivity contribution in [2.24, 2.45) is 5.41 Å². The summed E-state index contributed by atoms with van der Waals surface area (Å²) in [5, 5.41) is 2.13. The predicted molar refractivity (Wildman–Crippen MR) is 122 cm³/mol. The van der Waals surface area contributed by atoms with E-state index in [0.717, 1.165) is 22.6 Å². The van der Waals surface area contributed by atoms with Gasteiger partial charge >= 0.3 is 0 Å². The molecule has 0 aliphatic heterocycles. The van der Waals surface area contributed by atoms with Gasteiger partial charge in [0.2, 0.25) is 0 Å². The van der Waals surface area contributed by atoms with Crippen molar-refractivity contribution in [3.8, 4) is 0 Å². The van der Waals surface area contributed by atoms with Crippen LogP contribution < -0.4 is 10.4 Å². The quantitative estimate of drug-likeness (QED) is 0.743. The third-order valence-corrected chi connectivity index (χ3v) is 11.7. The Balaban J connectivity index is 1.89. The Labute approximate surface area is 167 Å².